The van der Waals surface area contributed by atoms with Crippen LogP contribution in [0.25, 0.3) is 0 Å². The Morgan fingerprint density at radius 1 is 1.33 bits per heavy atom. The van der Waals surface area contributed by atoms with E-state index < -0.39 is 11.2 Å². The molecule has 0 aromatic carbocycles. The number of ether oxygens (including phenoxy) is 1. The monoisotopic (exact) mass is 324 g/mol. The third kappa shape index (κ3) is 4.79. The molecule has 0 unspecified atom stereocenters. The lowest BCUT2D eigenvalue weighted by molar-refractivity contribution is -0.138. The van der Waals surface area contributed by atoms with Crippen LogP contribution in [0.15, 0.2) is 0 Å². The number of piperidine rings is 1. The van der Waals surface area contributed by atoms with E-state index in [0.29, 0.717) is 29.0 Å². The number of aromatic nitrogens is 2. The summed E-state index contributed by atoms with van der Waals surface area (Å²) in [6.07, 6.45) is -2.51. The van der Waals surface area contributed by atoms with Gasteiger partial charge >= 0.3 is 6.18 Å². The van der Waals surface area contributed by atoms with E-state index in [0.717, 1.165) is 39.0 Å². The van der Waals surface area contributed by atoms with Crippen molar-refractivity contribution in [3.05, 3.63) is 5.01 Å². The summed E-state index contributed by atoms with van der Waals surface area (Å²) in [6.45, 7) is 3.87. The van der Waals surface area contributed by atoms with Gasteiger partial charge in [0.25, 0.3) is 0 Å². The predicted molar refractivity (Wildman–Crippen MR) is 74.6 cm³/mol. The van der Waals surface area contributed by atoms with Crippen LogP contribution in [-0.4, -0.2) is 50.1 Å². The lowest BCUT2D eigenvalue weighted by Gasteiger charge is -2.31. The molecule has 0 spiro atoms. The van der Waals surface area contributed by atoms with Gasteiger partial charge in [0.1, 0.15) is 0 Å². The molecule has 0 amide bonds. The zero-order valence-electron chi connectivity index (χ0n) is 11.8. The summed E-state index contributed by atoms with van der Waals surface area (Å²) in [6, 6.07) is 0. The summed E-state index contributed by atoms with van der Waals surface area (Å²) in [5.74, 6) is 0.549. The standard InChI is InChI=1S/C12H19F3N4OS/c1-20-7-4-16-8-9-2-5-19(6-3-9)11-18-17-10(21-11)12(13,14)15/h9,16H,2-8H2,1H3. The fraction of sp³-hybridized carbons (Fsp3) is 0.833. The van der Waals surface area contributed by atoms with E-state index in [9.17, 15) is 13.2 Å². The van der Waals surface area contributed by atoms with Crippen LogP contribution in [0, 0.1) is 5.92 Å². The van der Waals surface area contributed by atoms with Gasteiger partial charge in [0.05, 0.1) is 6.61 Å². The molecule has 1 N–H and O–H groups in total. The Kier molecular flexibility index (Phi) is 5.77. The molecule has 2 rings (SSSR count). The fourth-order valence-corrected chi connectivity index (χ4v) is 3.03. The van der Waals surface area contributed by atoms with Crippen molar-refractivity contribution in [3.8, 4) is 0 Å². The molecule has 1 aromatic rings. The van der Waals surface area contributed by atoms with Crippen molar-refractivity contribution >= 4 is 16.5 Å². The Bertz CT molecular complexity index is 432. The minimum Gasteiger partial charge on any atom is -0.383 e. The van der Waals surface area contributed by atoms with E-state index in [4.69, 9.17) is 4.74 Å². The Balaban J connectivity index is 1.77. The topological polar surface area (TPSA) is 50.3 Å². The minimum atomic E-state index is -4.40. The minimum absolute atomic E-state index is 0.369. The summed E-state index contributed by atoms with van der Waals surface area (Å²) in [4.78, 5) is 1.89. The van der Waals surface area contributed by atoms with Gasteiger partial charge in [-0.2, -0.15) is 13.2 Å². The first-order valence-electron chi connectivity index (χ1n) is 6.86. The van der Waals surface area contributed by atoms with Crippen molar-refractivity contribution in [3.63, 3.8) is 0 Å². The lowest BCUT2D eigenvalue weighted by Crippen LogP contribution is -2.37. The first-order valence-corrected chi connectivity index (χ1v) is 7.67. The van der Waals surface area contributed by atoms with Crippen LogP contribution in [0.4, 0.5) is 18.3 Å². The SMILES string of the molecule is COCCNCC1CCN(c2nnc(C(F)(F)F)s2)CC1. The molecule has 120 valence electrons. The molecule has 0 bridgehead atoms. The highest BCUT2D eigenvalue weighted by Gasteiger charge is 2.36. The van der Waals surface area contributed by atoms with Gasteiger partial charge in [0.2, 0.25) is 10.1 Å². The van der Waals surface area contributed by atoms with Crippen molar-refractivity contribution in [2.75, 3.05) is 44.8 Å². The second-order valence-electron chi connectivity index (χ2n) is 5.01. The maximum Gasteiger partial charge on any atom is 0.445 e. The summed E-state index contributed by atoms with van der Waals surface area (Å²) in [5, 5.41) is 9.70. The molecule has 1 aromatic heterocycles. The van der Waals surface area contributed by atoms with Crippen molar-refractivity contribution in [1.82, 2.24) is 15.5 Å². The van der Waals surface area contributed by atoms with Gasteiger partial charge in [-0.3, -0.25) is 0 Å². The van der Waals surface area contributed by atoms with Crippen molar-refractivity contribution < 1.29 is 17.9 Å². The molecule has 0 aliphatic carbocycles. The lowest BCUT2D eigenvalue weighted by atomic mass is 9.97. The number of rotatable bonds is 6. The largest absolute Gasteiger partial charge is 0.445 e. The van der Waals surface area contributed by atoms with Crippen LogP contribution in [-0.2, 0) is 10.9 Å². The Morgan fingerprint density at radius 2 is 2.05 bits per heavy atom. The molecule has 1 saturated heterocycles. The van der Waals surface area contributed by atoms with Crippen molar-refractivity contribution in [1.29, 1.82) is 0 Å². The number of hydrogen-bond acceptors (Lipinski definition) is 6. The van der Waals surface area contributed by atoms with Gasteiger partial charge < -0.3 is 15.0 Å². The van der Waals surface area contributed by atoms with Crippen LogP contribution in [0.5, 0.6) is 0 Å². The van der Waals surface area contributed by atoms with E-state index in [2.05, 4.69) is 15.5 Å². The highest BCUT2D eigenvalue weighted by molar-refractivity contribution is 7.15. The summed E-state index contributed by atoms with van der Waals surface area (Å²) < 4.78 is 42.5. The van der Waals surface area contributed by atoms with Crippen LogP contribution in [0.1, 0.15) is 17.8 Å². The zero-order valence-corrected chi connectivity index (χ0v) is 12.6. The van der Waals surface area contributed by atoms with Crippen molar-refractivity contribution in [2.45, 2.75) is 19.0 Å². The van der Waals surface area contributed by atoms with Crippen molar-refractivity contribution in [2.24, 2.45) is 5.92 Å². The molecule has 1 aliphatic heterocycles. The van der Waals surface area contributed by atoms with Gasteiger partial charge in [-0.1, -0.05) is 11.3 Å². The average molecular weight is 324 g/mol. The molecular weight excluding hydrogens is 305 g/mol. The highest BCUT2D eigenvalue weighted by Crippen LogP contribution is 2.35. The molecule has 9 heteroatoms. The van der Waals surface area contributed by atoms with E-state index in [1.165, 1.54) is 0 Å². The van der Waals surface area contributed by atoms with Crippen LogP contribution >= 0.6 is 11.3 Å². The molecule has 1 aliphatic rings. The van der Waals surface area contributed by atoms with Gasteiger partial charge in [-0.05, 0) is 25.3 Å². The fourth-order valence-electron chi connectivity index (χ4n) is 2.27. The molecule has 1 fully saturated rings. The first kappa shape index (κ1) is 16.4. The quantitative estimate of drug-likeness (QED) is 0.811. The molecule has 5 nitrogen and oxygen atoms in total. The molecule has 0 saturated carbocycles. The van der Waals surface area contributed by atoms with E-state index in [-0.39, 0.29) is 0 Å². The number of nitrogens with zero attached hydrogens (tertiary/aromatic N) is 3. The normalized spacial score (nSPS) is 17.4. The van der Waals surface area contributed by atoms with E-state index in [1.54, 1.807) is 7.11 Å². The Morgan fingerprint density at radius 3 is 2.62 bits per heavy atom. The second kappa shape index (κ2) is 7.37. The Hall–Kier alpha value is -0.930. The van der Waals surface area contributed by atoms with E-state index >= 15 is 0 Å². The summed E-state index contributed by atoms with van der Waals surface area (Å²) in [7, 11) is 1.66. The molecule has 0 atom stereocenters. The van der Waals surface area contributed by atoms with Crippen LogP contribution in [0.3, 0.4) is 0 Å². The third-order valence-corrected chi connectivity index (χ3v) is 4.49. The van der Waals surface area contributed by atoms with Crippen LogP contribution < -0.4 is 10.2 Å². The average Bonchev–Trinajstić information content (AvgIpc) is 2.94. The maximum atomic E-state index is 12.5. The van der Waals surface area contributed by atoms with Gasteiger partial charge in [-0.15, -0.1) is 10.2 Å². The first-order chi connectivity index (χ1) is 10.0. The summed E-state index contributed by atoms with van der Waals surface area (Å²) in [5.41, 5.74) is 0. The summed E-state index contributed by atoms with van der Waals surface area (Å²) >= 11 is 0.619. The van der Waals surface area contributed by atoms with Crippen LogP contribution in [0.2, 0.25) is 0 Å². The smallest absolute Gasteiger partial charge is 0.383 e. The van der Waals surface area contributed by atoms with Gasteiger partial charge in [0.15, 0.2) is 0 Å². The number of hydrogen-bond donors (Lipinski definition) is 1. The maximum absolute atomic E-state index is 12.5. The molecular formula is C12H19F3N4OS. The van der Waals surface area contributed by atoms with Gasteiger partial charge in [-0.25, -0.2) is 0 Å². The highest BCUT2D eigenvalue weighted by atomic mass is 32.1. The molecule has 2 heterocycles. The third-order valence-electron chi connectivity index (χ3n) is 3.46. The number of halogens is 3. The number of anilines is 1. The number of methoxy groups -OCH3 is 1. The van der Waals surface area contributed by atoms with E-state index in [1.807, 2.05) is 4.90 Å². The number of alkyl halides is 3. The van der Waals surface area contributed by atoms with Gasteiger partial charge in [0, 0.05) is 26.7 Å². The Labute approximate surface area is 125 Å². The second-order valence-corrected chi connectivity index (χ2v) is 5.97. The zero-order chi connectivity index (χ0) is 15.3. The number of nitrogens with one attached hydrogen (secondary N) is 1. The molecule has 21 heavy (non-hydrogen) atoms. The molecule has 0 radical (unpaired) electrons. The predicted octanol–water partition coefficient (Wildman–Crippen LogP) is 2.01.